The van der Waals surface area contributed by atoms with Gasteiger partial charge in [0.1, 0.15) is 0 Å². The van der Waals surface area contributed by atoms with Gasteiger partial charge in [0.15, 0.2) is 10.1 Å². The zero-order valence-corrected chi connectivity index (χ0v) is 13.6. The van der Waals surface area contributed by atoms with Crippen LogP contribution in [0.2, 0.25) is 5.02 Å². The van der Waals surface area contributed by atoms with Crippen molar-refractivity contribution in [2.75, 3.05) is 0 Å². The van der Waals surface area contributed by atoms with Gasteiger partial charge in [0.25, 0.3) is 0 Å². The number of para-hydroxylation sites is 1. The molecule has 106 valence electrons. The van der Waals surface area contributed by atoms with Crippen molar-refractivity contribution in [3.8, 4) is 0 Å². The number of hydrogen-bond donors (Lipinski definition) is 0. The number of halogens is 1. The lowest BCUT2D eigenvalue weighted by atomic mass is 10.1. The summed E-state index contributed by atoms with van der Waals surface area (Å²) >= 11 is 9.05. The summed E-state index contributed by atoms with van der Waals surface area (Å²) in [6.07, 6.45) is 0. The third kappa shape index (κ3) is 3.28. The highest BCUT2D eigenvalue weighted by atomic mass is 35.5. The zero-order valence-electron chi connectivity index (χ0n) is 11.2. The number of aromatic nitrogens is 1. The summed E-state index contributed by atoms with van der Waals surface area (Å²) in [6, 6.07) is 15.1. The SMILES string of the molecule is CC(Sc1nc2ccccc2s1)C(=O)c1cccc(Cl)c1. The average Bonchev–Trinajstić information content (AvgIpc) is 2.88. The highest BCUT2D eigenvalue weighted by Gasteiger charge is 2.18. The molecule has 0 aliphatic carbocycles. The zero-order chi connectivity index (χ0) is 14.8. The lowest BCUT2D eigenvalue weighted by molar-refractivity contribution is 0.0994. The van der Waals surface area contributed by atoms with E-state index < -0.39 is 0 Å². The molecule has 0 amide bonds. The number of carbonyl (C=O) groups excluding carboxylic acids is 1. The molecule has 3 aromatic rings. The summed E-state index contributed by atoms with van der Waals surface area (Å²) in [5, 5.41) is 0.391. The van der Waals surface area contributed by atoms with Crippen LogP contribution in [-0.4, -0.2) is 16.0 Å². The third-order valence-corrected chi connectivity index (χ3v) is 5.50. The molecule has 0 saturated heterocycles. The summed E-state index contributed by atoms with van der Waals surface area (Å²) in [4.78, 5) is 17.0. The predicted molar refractivity (Wildman–Crippen MR) is 90.7 cm³/mol. The van der Waals surface area contributed by atoms with Crippen LogP contribution in [-0.2, 0) is 0 Å². The van der Waals surface area contributed by atoms with Gasteiger partial charge in [-0.25, -0.2) is 4.98 Å². The van der Waals surface area contributed by atoms with E-state index in [1.165, 1.54) is 11.8 Å². The fraction of sp³-hybridized carbons (Fsp3) is 0.125. The van der Waals surface area contributed by atoms with Gasteiger partial charge >= 0.3 is 0 Å². The maximum atomic E-state index is 12.4. The topological polar surface area (TPSA) is 30.0 Å². The number of Topliss-reactive ketones (excluding diaryl/α,β-unsaturated/α-hetero) is 1. The predicted octanol–water partition coefficient (Wildman–Crippen LogP) is 5.31. The van der Waals surface area contributed by atoms with Crippen LogP contribution >= 0.6 is 34.7 Å². The molecule has 21 heavy (non-hydrogen) atoms. The average molecular weight is 334 g/mol. The fourth-order valence-electron chi connectivity index (χ4n) is 1.98. The molecule has 1 atom stereocenters. The lowest BCUT2D eigenvalue weighted by Gasteiger charge is -2.08. The Hall–Kier alpha value is -1.36. The van der Waals surface area contributed by atoms with Gasteiger partial charge in [-0.2, -0.15) is 0 Å². The van der Waals surface area contributed by atoms with Crippen molar-refractivity contribution in [3.05, 3.63) is 59.1 Å². The maximum Gasteiger partial charge on any atom is 0.176 e. The molecule has 1 aromatic heterocycles. The highest BCUT2D eigenvalue weighted by molar-refractivity contribution is 8.02. The molecule has 0 saturated carbocycles. The molecule has 0 aliphatic heterocycles. The second kappa shape index (κ2) is 6.18. The first-order valence-electron chi connectivity index (χ1n) is 6.45. The summed E-state index contributed by atoms with van der Waals surface area (Å²) < 4.78 is 2.06. The van der Waals surface area contributed by atoms with Crippen molar-refractivity contribution in [2.45, 2.75) is 16.5 Å². The van der Waals surface area contributed by atoms with Crippen LogP contribution in [0.15, 0.2) is 52.9 Å². The van der Waals surface area contributed by atoms with E-state index in [0.717, 1.165) is 14.6 Å². The van der Waals surface area contributed by atoms with E-state index in [1.54, 1.807) is 35.6 Å². The Morgan fingerprint density at radius 1 is 1.24 bits per heavy atom. The number of ketones is 1. The number of rotatable bonds is 4. The Balaban J connectivity index is 1.79. The quantitative estimate of drug-likeness (QED) is 0.478. The van der Waals surface area contributed by atoms with E-state index in [4.69, 9.17) is 11.6 Å². The molecular weight excluding hydrogens is 322 g/mol. The van der Waals surface area contributed by atoms with Crippen LogP contribution in [0, 0.1) is 0 Å². The normalized spacial score (nSPS) is 12.5. The van der Waals surface area contributed by atoms with Crippen molar-refractivity contribution in [1.82, 2.24) is 4.98 Å². The van der Waals surface area contributed by atoms with E-state index in [2.05, 4.69) is 4.98 Å². The molecule has 3 rings (SSSR count). The Kier molecular flexibility index (Phi) is 4.29. The number of carbonyl (C=O) groups is 1. The van der Waals surface area contributed by atoms with Gasteiger partial charge in [-0.1, -0.05) is 47.6 Å². The van der Waals surface area contributed by atoms with E-state index >= 15 is 0 Å². The largest absolute Gasteiger partial charge is 0.293 e. The van der Waals surface area contributed by atoms with Crippen LogP contribution in [0.4, 0.5) is 0 Å². The van der Waals surface area contributed by atoms with Gasteiger partial charge < -0.3 is 0 Å². The van der Waals surface area contributed by atoms with Crippen LogP contribution in [0.1, 0.15) is 17.3 Å². The Bertz CT molecular complexity index is 767. The van der Waals surface area contributed by atoms with Crippen molar-refractivity contribution in [2.24, 2.45) is 0 Å². The maximum absolute atomic E-state index is 12.4. The molecular formula is C16H12ClNOS2. The van der Waals surface area contributed by atoms with Gasteiger partial charge in [-0.05, 0) is 31.2 Å². The van der Waals surface area contributed by atoms with E-state index in [-0.39, 0.29) is 11.0 Å². The molecule has 5 heteroatoms. The smallest absolute Gasteiger partial charge is 0.176 e. The molecule has 2 aromatic carbocycles. The number of nitrogens with zero attached hydrogens (tertiary/aromatic N) is 1. The van der Waals surface area contributed by atoms with Crippen molar-refractivity contribution in [3.63, 3.8) is 0 Å². The number of thioether (sulfide) groups is 1. The summed E-state index contributed by atoms with van der Waals surface area (Å²) in [5.41, 5.74) is 1.62. The Morgan fingerprint density at radius 2 is 2.05 bits per heavy atom. The number of hydrogen-bond acceptors (Lipinski definition) is 4. The monoisotopic (exact) mass is 333 g/mol. The number of benzene rings is 2. The fourth-order valence-corrected chi connectivity index (χ4v) is 4.46. The van der Waals surface area contributed by atoms with E-state index in [0.29, 0.717) is 10.6 Å². The van der Waals surface area contributed by atoms with Gasteiger partial charge in [-0.3, -0.25) is 4.79 Å². The standard InChI is InChI=1S/C16H12ClNOS2/c1-10(15(19)11-5-4-6-12(17)9-11)20-16-18-13-7-2-3-8-14(13)21-16/h2-10H,1H3. The van der Waals surface area contributed by atoms with E-state index in [1.807, 2.05) is 31.2 Å². The van der Waals surface area contributed by atoms with Gasteiger partial charge in [0, 0.05) is 10.6 Å². The molecule has 0 bridgehead atoms. The first kappa shape index (κ1) is 14.6. The number of fused-ring (bicyclic) bond motifs is 1. The summed E-state index contributed by atoms with van der Waals surface area (Å²) in [6.45, 7) is 1.90. The first-order valence-corrected chi connectivity index (χ1v) is 8.53. The second-order valence-corrected chi connectivity index (χ2v) is 7.64. The molecule has 0 fully saturated rings. The van der Waals surface area contributed by atoms with Crippen molar-refractivity contribution < 1.29 is 4.79 Å². The second-order valence-electron chi connectivity index (χ2n) is 4.58. The minimum atomic E-state index is -0.191. The van der Waals surface area contributed by atoms with Gasteiger partial charge in [-0.15, -0.1) is 11.3 Å². The van der Waals surface area contributed by atoms with Crippen molar-refractivity contribution in [1.29, 1.82) is 0 Å². The first-order chi connectivity index (χ1) is 10.1. The van der Waals surface area contributed by atoms with Crippen molar-refractivity contribution >= 4 is 50.7 Å². The summed E-state index contributed by atoms with van der Waals surface area (Å²) in [5.74, 6) is 0.0711. The van der Waals surface area contributed by atoms with Crippen LogP contribution in [0.25, 0.3) is 10.2 Å². The van der Waals surface area contributed by atoms with Gasteiger partial charge in [0.2, 0.25) is 0 Å². The van der Waals surface area contributed by atoms with Crippen LogP contribution < -0.4 is 0 Å². The molecule has 1 unspecified atom stereocenters. The Labute approximate surface area is 136 Å². The molecule has 0 N–H and O–H groups in total. The minimum Gasteiger partial charge on any atom is -0.293 e. The Morgan fingerprint density at radius 3 is 2.81 bits per heavy atom. The molecule has 0 radical (unpaired) electrons. The molecule has 1 heterocycles. The van der Waals surface area contributed by atoms with Crippen LogP contribution in [0.5, 0.6) is 0 Å². The van der Waals surface area contributed by atoms with E-state index in [9.17, 15) is 4.79 Å². The molecule has 0 aliphatic rings. The number of thiazole rings is 1. The van der Waals surface area contributed by atoms with Gasteiger partial charge in [0.05, 0.1) is 15.5 Å². The molecule has 0 spiro atoms. The third-order valence-electron chi connectivity index (χ3n) is 3.03. The highest BCUT2D eigenvalue weighted by Crippen LogP contribution is 2.33. The minimum absolute atomic E-state index is 0.0711. The van der Waals surface area contributed by atoms with Crippen LogP contribution in [0.3, 0.4) is 0 Å². The summed E-state index contributed by atoms with van der Waals surface area (Å²) in [7, 11) is 0. The molecule has 2 nitrogen and oxygen atoms in total. The lowest BCUT2D eigenvalue weighted by Crippen LogP contribution is -2.13.